The van der Waals surface area contributed by atoms with E-state index >= 15 is 0 Å². The molecular formula is C11H20FN. The Hall–Kier alpha value is -0.110. The monoisotopic (exact) mass is 185 g/mol. The van der Waals surface area contributed by atoms with Crippen LogP contribution in [-0.4, -0.2) is 29.7 Å². The maximum atomic E-state index is 14.1. The molecule has 2 rings (SSSR count). The maximum absolute atomic E-state index is 14.1. The van der Waals surface area contributed by atoms with Crippen molar-refractivity contribution in [2.45, 2.75) is 51.7 Å². The van der Waals surface area contributed by atoms with Gasteiger partial charge in [0.05, 0.1) is 0 Å². The predicted molar refractivity (Wildman–Crippen MR) is 52.5 cm³/mol. The largest absolute Gasteiger partial charge is 0.294 e. The first-order chi connectivity index (χ1) is 5.92. The van der Waals surface area contributed by atoms with Crippen molar-refractivity contribution in [3.8, 4) is 0 Å². The average molecular weight is 185 g/mol. The Morgan fingerprint density at radius 2 is 1.77 bits per heavy atom. The van der Waals surface area contributed by atoms with Gasteiger partial charge in [-0.3, -0.25) is 4.90 Å². The van der Waals surface area contributed by atoms with E-state index in [-0.39, 0.29) is 5.41 Å². The highest BCUT2D eigenvalue weighted by Gasteiger charge is 2.53. The van der Waals surface area contributed by atoms with Crippen LogP contribution in [0.4, 0.5) is 4.39 Å². The molecule has 0 aromatic rings. The van der Waals surface area contributed by atoms with Crippen LogP contribution in [0.2, 0.25) is 0 Å². The van der Waals surface area contributed by atoms with E-state index in [0.29, 0.717) is 19.1 Å². The van der Waals surface area contributed by atoms with Crippen molar-refractivity contribution in [2.24, 2.45) is 5.41 Å². The molecule has 0 amide bonds. The number of rotatable bonds is 1. The van der Waals surface area contributed by atoms with Crippen molar-refractivity contribution in [3.05, 3.63) is 0 Å². The second-order valence-electron chi connectivity index (χ2n) is 5.71. The summed E-state index contributed by atoms with van der Waals surface area (Å²) in [6.45, 7) is 7.35. The highest BCUT2D eigenvalue weighted by atomic mass is 19.1. The number of hydrogen-bond donors (Lipinski definition) is 0. The summed E-state index contributed by atoms with van der Waals surface area (Å²) in [6, 6.07) is 0.714. The molecule has 1 heterocycles. The number of nitrogens with zero attached hydrogens (tertiary/aromatic N) is 1. The topological polar surface area (TPSA) is 3.24 Å². The third-order valence-electron chi connectivity index (χ3n) is 3.84. The minimum Gasteiger partial charge on any atom is -0.294 e. The summed E-state index contributed by atoms with van der Waals surface area (Å²) < 4.78 is 14.1. The van der Waals surface area contributed by atoms with Crippen molar-refractivity contribution in [1.29, 1.82) is 0 Å². The molecule has 0 spiro atoms. The predicted octanol–water partition coefficient (Wildman–Crippen LogP) is 2.61. The number of likely N-dealkylation sites (tertiary alicyclic amines) is 1. The molecule has 0 aromatic carbocycles. The van der Waals surface area contributed by atoms with Gasteiger partial charge in [-0.1, -0.05) is 27.2 Å². The molecule has 0 bridgehead atoms. The molecule has 0 aromatic heterocycles. The van der Waals surface area contributed by atoms with Crippen LogP contribution in [0.3, 0.4) is 0 Å². The molecular weight excluding hydrogens is 165 g/mol. The molecule has 2 aliphatic rings. The normalized spacial score (nSPS) is 29.5. The summed E-state index contributed by atoms with van der Waals surface area (Å²) in [7, 11) is 0. The summed E-state index contributed by atoms with van der Waals surface area (Å²) in [5, 5.41) is 0. The van der Waals surface area contributed by atoms with E-state index in [9.17, 15) is 4.39 Å². The van der Waals surface area contributed by atoms with Crippen LogP contribution < -0.4 is 0 Å². The first-order valence-electron chi connectivity index (χ1n) is 5.35. The minimum absolute atomic E-state index is 0.187. The molecule has 0 unspecified atom stereocenters. The summed E-state index contributed by atoms with van der Waals surface area (Å²) in [4.78, 5) is 2.31. The Balaban J connectivity index is 1.88. The molecule has 1 aliphatic heterocycles. The van der Waals surface area contributed by atoms with Gasteiger partial charge in [-0.15, -0.1) is 0 Å². The van der Waals surface area contributed by atoms with Gasteiger partial charge in [0, 0.05) is 19.1 Å². The SMILES string of the molecule is CC(C)(C)C1(F)CN(C2CCC2)C1. The zero-order chi connectivity index (χ0) is 9.69. The highest BCUT2D eigenvalue weighted by Crippen LogP contribution is 2.44. The standard InChI is InChI=1S/C11H20FN/c1-10(2,3)11(12)7-13(8-11)9-5-4-6-9/h9H,4-8H2,1-3H3. The fourth-order valence-corrected chi connectivity index (χ4v) is 2.08. The van der Waals surface area contributed by atoms with Crippen molar-refractivity contribution in [2.75, 3.05) is 13.1 Å². The van der Waals surface area contributed by atoms with Crippen LogP contribution in [-0.2, 0) is 0 Å². The van der Waals surface area contributed by atoms with Gasteiger partial charge in [0.15, 0.2) is 0 Å². The van der Waals surface area contributed by atoms with Crippen molar-refractivity contribution in [1.82, 2.24) is 4.90 Å². The molecule has 0 radical (unpaired) electrons. The number of halogens is 1. The van der Waals surface area contributed by atoms with Gasteiger partial charge in [0.25, 0.3) is 0 Å². The van der Waals surface area contributed by atoms with Crippen LogP contribution in [0.1, 0.15) is 40.0 Å². The van der Waals surface area contributed by atoms with Gasteiger partial charge < -0.3 is 0 Å². The molecule has 1 aliphatic carbocycles. The molecule has 1 saturated heterocycles. The van der Waals surface area contributed by atoms with Crippen LogP contribution in [0.5, 0.6) is 0 Å². The van der Waals surface area contributed by atoms with Crippen LogP contribution in [0.25, 0.3) is 0 Å². The molecule has 2 fully saturated rings. The minimum atomic E-state index is -0.928. The van der Waals surface area contributed by atoms with Crippen LogP contribution >= 0.6 is 0 Å². The van der Waals surface area contributed by atoms with E-state index in [1.54, 1.807) is 0 Å². The molecule has 1 nitrogen and oxygen atoms in total. The Labute approximate surface area is 80.3 Å². The molecule has 0 N–H and O–H groups in total. The van der Waals surface area contributed by atoms with E-state index in [1.165, 1.54) is 19.3 Å². The van der Waals surface area contributed by atoms with Gasteiger partial charge >= 0.3 is 0 Å². The summed E-state index contributed by atoms with van der Waals surface area (Å²) in [5.41, 5.74) is -1.12. The zero-order valence-electron chi connectivity index (χ0n) is 8.94. The fourth-order valence-electron chi connectivity index (χ4n) is 2.08. The summed E-state index contributed by atoms with van der Waals surface area (Å²) >= 11 is 0. The zero-order valence-corrected chi connectivity index (χ0v) is 8.94. The molecule has 76 valence electrons. The maximum Gasteiger partial charge on any atom is 0.141 e. The molecule has 1 saturated carbocycles. The first kappa shape index (κ1) is 9.45. The quantitative estimate of drug-likeness (QED) is 0.607. The molecule has 0 atom stereocenters. The van der Waals surface area contributed by atoms with Gasteiger partial charge in [-0.2, -0.15) is 0 Å². The molecule has 2 heteroatoms. The Morgan fingerprint density at radius 1 is 1.23 bits per heavy atom. The lowest BCUT2D eigenvalue weighted by Gasteiger charge is -2.56. The van der Waals surface area contributed by atoms with Gasteiger partial charge in [0.1, 0.15) is 5.67 Å². The van der Waals surface area contributed by atoms with Crippen LogP contribution in [0.15, 0.2) is 0 Å². The van der Waals surface area contributed by atoms with Gasteiger partial charge in [0.2, 0.25) is 0 Å². The second kappa shape index (κ2) is 2.69. The Kier molecular flexibility index (Phi) is 1.96. The van der Waals surface area contributed by atoms with E-state index < -0.39 is 5.67 Å². The average Bonchev–Trinajstić information content (AvgIpc) is 1.76. The van der Waals surface area contributed by atoms with Gasteiger partial charge in [-0.05, 0) is 18.3 Å². The smallest absolute Gasteiger partial charge is 0.141 e. The van der Waals surface area contributed by atoms with Crippen molar-refractivity contribution in [3.63, 3.8) is 0 Å². The lowest BCUT2D eigenvalue weighted by molar-refractivity contribution is -0.131. The van der Waals surface area contributed by atoms with Gasteiger partial charge in [-0.25, -0.2) is 4.39 Å². The van der Waals surface area contributed by atoms with Crippen LogP contribution in [0, 0.1) is 5.41 Å². The van der Waals surface area contributed by atoms with E-state index in [2.05, 4.69) is 4.90 Å². The summed E-state index contributed by atoms with van der Waals surface area (Å²) in [5.74, 6) is 0. The highest BCUT2D eigenvalue weighted by molar-refractivity contribution is 5.06. The van der Waals surface area contributed by atoms with E-state index in [1.807, 2.05) is 20.8 Å². The Morgan fingerprint density at radius 3 is 2.08 bits per heavy atom. The first-order valence-corrected chi connectivity index (χ1v) is 5.35. The lowest BCUT2D eigenvalue weighted by atomic mass is 9.71. The van der Waals surface area contributed by atoms with Crippen molar-refractivity contribution >= 4 is 0 Å². The van der Waals surface area contributed by atoms with E-state index in [4.69, 9.17) is 0 Å². The van der Waals surface area contributed by atoms with Crippen molar-refractivity contribution < 1.29 is 4.39 Å². The number of hydrogen-bond acceptors (Lipinski definition) is 1. The third kappa shape index (κ3) is 1.39. The third-order valence-corrected chi connectivity index (χ3v) is 3.84. The van der Waals surface area contributed by atoms with E-state index in [0.717, 1.165) is 0 Å². The summed E-state index contributed by atoms with van der Waals surface area (Å²) in [6.07, 6.45) is 3.93. The number of alkyl halides is 1. The Bertz CT molecular complexity index is 197. The second-order valence-corrected chi connectivity index (χ2v) is 5.71. The lowest BCUT2D eigenvalue weighted by Crippen LogP contribution is -2.68. The fraction of sp³-hybridized carbons (Fsp3) is 1.00. The molecule has 13 heavy (non-hydrogen) atoms.